The molecule has 0 saturated heterocycles. The first-order chi connectivity index (χ1) is 9.50. The summed E-state index contributed by atoms with van der Waals surface area (Å²) in [4.78, 5) is 33.7. The van der Waals surface area contributed by atoms with Gasteiger partial charge in [0.25, 0.3) is 5.69 Å². The highest BCUT2D eigenvalue weighted by Gasteiger charge is 2.33. The van der Waals surface area contributed by atoms with Crippen molar-refractivity contribution in [2.75, 3.05) is 0 Å². The molecule has 2 aromatic rings. The molecule has 0 fully saturated rings. The first-order valence-electron chi connectivity index (χ1n) is 5.70. The van der Waals surface area contributed by atoms with E-state index in [1.165, 1.54) is 0 Å². The van der Waals surface area contributed by atoms with Crippen LogP contribution in [0.3, 0.4) is 0 Å². The van der Waals surface area contributed by atoms with Crippen LogP contribution in [0.4, 0.5) is 5.69 Å². The van der Waals surface area contributed by atoms with Crippen molar-refractivity contribution in [3.05, 3.63) is 63.2 Å². The fraction of sp³-hybridized carbons (Fsp3) is 0. The zero-order chi connectivity index (χ0) is 14.4. The minimum Gasteiger partial charge on any atom is -0.478 e. The third-order valence-electron chi connectivity index (χ3n) is 3.25. The Hall–Kier alpha value is -3.02. The van der Waals surface area contributed by atoms with Crippen LogP contribution in [0.5, 0.6) is 0 Å². The second-order valence-electron chi connectivity index (χ2n) is 4.35. The molecule has 98 valence electrons. The quantitative estimate of drug-likeness (QED) is 0.569. The molecule has 2 aromatic carbocycles. The van der Waals surface area contributed by atoms with Crippen molar-refractivity contribution in [2.24, 2.45) is 0 Å². The van der Waals surface area contributed by atoms with Gasteiger partial charge < -0.3 is 5.11 Å². The van der Waals surface area contributed by atoms with Gasteiger partial charge in [0.05, 0.1) is 10.5 Å². The first kappa shape index (κ1) is 12.0. The standard InChI is InChI=1S/C14H7NO5/c16-13-9-4-2-1-3-8(9)12-10(13)5-7(15(19)20)6-11(12)14(17)18/h1-6H,(H,17,18). The van der Waals surface area contributed by atoms with Crippen molar-refractivity contribution in [1.82, 2.24) is 0 Å². The van der Waals surface area contributed by atoms with Crippen LogP contribution in [0.15, 0.2) is 36.4 Å². The van der Waals surface area contributed by atoms with Gasteiger partial charge in [-0.2, -0.15) is 0 Å². The summed E-state index contributed by atoms with van der Waals surface area (Å²) >= 11 is 0. The van der Waals surface area contributed by atoms with Gasteiger partial charge in [-0.25, -0.2) is 4.79 Å². The van der Waals surface area contributed by atoms with E-state index in [9.17, 15) is 24.8 Å². The van der Waals surface area contributed by atoms with Crippen LogP contribution in [-0.4, -0.2) is 21.8 Å². The van der Waals surface area contributed by atoms with Gasteiger partial charge in [0, 0.05) is 28.8 Å². The molecular formula is C14H7NO5. The fourth-order valence-electron chi connectivity index (χ4n) is 2.41. The fourth-order valence-corrected chi connectivity index (χ4v) is 2.41. The second kappa shape index (κ2) is 3.99. The van der Waals surface area contributed by atoms with Gasteiger partial charge in [-0.15, -0.1) is 0 Å². The zero-order valence-electron chi connectivity index (χ0n) is 9.99. The van der Waals surface area contributed by atoms with E-state index in [0.717, 1.165) is 12.1 Å². The van der Waals surface area contributed by atoms with E-state index in [4.69, 9.17) is 0 Å². The van der Waals surface area contributed by atoms with E-state index in [2.05, 4.69) is 0 Å². The number of ketones is 1. The minimum absolute atomic E-state index is 0.0674. The Morgan fingerprint density at radius 2 is 1.75 bits per heavy atom. The topological polar surface area (TPSA) is 97.5 Å². The Labute approximate surface area is 112 Å². The number of carbonyl (C=O) groups excluding carboxylic acids is 1. The number of non-ortho nitro benzene ring substituents is 1. The third-order valence-corrected chi connectivity index (χ3v) is 3.25. The highest BCUT2D eigenvalue weighted by Crippen LogP contribution is 2.40. The molecule has 0 bridgehead atoms. The molecule has 3 rings (SSSR count). The summed E-state index contributed by atoms with van der Waals surface area (Å²) in [6.07, 6.45) is 0. The molecule has 20 heavy (non-hydrogen) atoms. The number of carboxylic acid groups (broad SMARTS) is 1. The lowest BCUT2D eigenvalue weighted by Crippen LogP contribution is -2.03. The van der Waals surface area contributed by atoms with Crippen LogP contribution in [0, 0.1) is 10.1 Å². The van der Waals surface area contributed by atoms with Crippen LogP contribution in [0.25, 0.3) is 11.1 Å². The van der Waals surface area contributed by atoms with Crippen molar-refractivity contribution in [3.63, 3.8) is 0 Å². The molecular weight excluding hydrogens is 262 g/mol. The summed E-state index contributed by atoms with van der Waals surface area (Å²) < 4.78 is 0. The van der Waals surface area contributed by atoms with E-state index < -0.39 is 16.6 Å². The van der Waals surface area contributed by atoms with Crippen molar-refractivity contribution in [2.45, 2.75) is 0 Å². The van der Waals surface area contributed by atoms with Crippen molar-refractivity contribution in [1.29, 1.82) is 0 Å². The van der Waals surface area contributed by atoms with Gasteiger partial charge in [0.15, 0.2) is 5.78 Å². The molecule has 1 N–H and O–H groups in total. The number of nitrogens with zero attached hydrogens (tertiary/aromatic N) is 1. The molecule has 0 heterocycles. The molecule has 0 amide bonds. The second-order valence-corrected chi connectivity index (χ2v) is 4.35. The summed E-state index contributed by atoms with van der Waals surface area (Å²) in [6.45, 7) is 0. The first-order valence-corrected chi connectivity index (χ1v) is 5.70. The van der Waals surface area contributed by atoms with Crippen molar-refractivity contribution >= 4 is 17.4 Å². The average molecular weight is 269 g/mol. The van der Waals surface area contributed by atoms with Crippen LogP contribution in [-0.2, 0) is 0 Å². The molecule has 0 spiro atoms. The predicted octanol–water partition coefficient (Wildman–Crippen LogP) is 2.50. The summed E-state index contributed by atoms with van der Waals surface area (Å²) in [5, 5.41) is 20.1. The van der Waals surface area contributed by atoms with Crippen LogP contribution < -0.4 is 0 Å². The van der Waals surface area contributed by atoms with E-state index in [1.807, 2.05) is 0 Å². The van der Waals surface area contributed by atoms with E-state index in [0.29, 0.717) is 11.1 Å². The summed E-state index contributed by atoms with van der Waals surface area (Å²) in [5.74, 6) is -1.68. The number of nitro groups is 1. The van der Waals surface area contributed by atoms with Gasteiger partial charge >= 0.3 is 5.97 Å². The number of carbonyl (C=O) groups is 2. The number of carboxylic acids is 1. The molecule has 1 aliphatic rings. The van der Waals surface area contributed by atoms with Crippen molar-refractivity contribution in [3.8, 4) is 11.1 Å². The van der Waals surface area contributed by atoms with Gasteiger partial charge in [-0.05, 0) is 5.56 Å². The molecule has 0 aliphatic heterocycles. The van der Waals surface area contributed by atoms with E-state index in [-0.39, 0.29) is 22.5 Å². The minimum atomic E-state index is -1.30. The maximum atomic E-state index is 12.2. The largest absolute Gasteiger partial charge is 0.478 e. The normalized spacial score (nSPS) is 11.9. The summed E-state index contributed by atoms with van der Waals surface area (Å²) in [5.41, 5.74) is 0.557. The monoisotopic (exact) mass is 269 g/mol. The number of aromatic carboxylic acids is 1. The Kier molecular flexibility index (Phi) is 2.40. The molecule has 6 nitrogen and oxygen atoms in total. The lowest BCUT2D eigenvalue weighted by atomic mass is 9.98. The van der Waals surface area contributed by atoms with E-state index in [1.54, 1.807) is 24.3 Å². The number of rotatable bonds is 2. The summed E-state index contributed by atoms with van der Waals surface area (Å²) in [6, 6.07) is 8.68. The highest BCUT2D eigenvalue weighted by atomic mass is 16.6. The van der Waals surface area contributed by atoms with Gasteiger partial charge in [-0.1, -0.05) is 24.3 Å². The Bertz CT molecular complexity index is 794. The number of benzene rings is 2. The average Bonchev–Trinajstić information content (AvgIpc) is 2.72. The zero-order valence-corrected chi connectivity index (χ0v) is 9.99. The lowest BCUT2D eigenvalue weighted by Gasteiger charge is -2.04. The highest BCUT2D eigenvalue weighted by molar-refractivity contribution is 6.24. The van der Waals surface area contributed by atoms with Crippen LogP contribution in [0.1, 0.15) is 26.3 Å². The maximum Gasteiger partial charge on any atom is 0.336 e. The smallest absolute Gasteiger partial charge is 0.336 e. The number of fused-ring (bicyclic) bond motifs is 3. The Morgan fingerprint density at radius 3 is 2.35 bits per heavy atom. The number of hydrogen-bond acceptors (Lipinski definition) is 4. The molecule has 0 atom stereocenters. The van der Waals surface area contributed by atoms with E-state index >= 15 is 0 Å². The number of hydrogen-bond donors (Lipinski definition) is 1. The Balaban J connectivity index is 2.41. The van der Waals surface area contributed by atoms with Gasteiger partial charge in [0.2, 0.25) is 0 Å². The molecule has 0 radical (unpaired) electrons. The molecule has 6 heteroatoms. The summed E-state index contributed by atoms with van der Waals surface area (Å²) in [7, 11) is 0. The van der Waals surface area contributed by atoms with Crippen LogP contribution in [0.2, 0.25) is 0 Å². The lowest BCUT2D eigenvalue weighted by molar-refractivity contribution is -0.384. The molecule has 1 aliphatic carbocycles. The molecule has 0 saturated carbocycles. The SMILES string of the molecule is O=C(O)c1cc([N+](=O)[O-])cc2c1-c1ccccc1C2=O. The Morgan fingerprint density at radius 1 is 1.10 bits per heavy atom. The van der Waals surface area contributed by atoms with Gasteiger partial charge in [-0.3, -0.25) is 14.9 Å². The van der Waals surface area contributed by atoms with Crippen LogP contribution >= 0.6 is 0 Å². The van der Waals surface area contributed by atoms with Crippen molar-refractivity contribution < 1.29 is 19.6 Å². The molecule has 0 aromatic heterocycles. The predicted molar refractivity (Wildman–Crippen MR) is 68.9 cm³/mol. The third kappa shape index (κ3) is 1.51. The molecule has 0 unspecified atom stereocenters. The maximum absolute atomic E-state index is 12.2. The van der Waals surface area contributed by atoms with Gasteiger partial charge in [0.1, 0.15) is 0 Å². The number of nitro benzene ring substituents is 1.